The first-order valence-electron chi connectivity index (χ1n) is 4.32. The molecular weight excluding hydrogens is 236 g/mol. The summed E-state index contributed by atoms with van der Waals surface area (Å²) in [4.78, 5) is 0. The smallest absolute Gasteiger partial charge is 0.399 e. The maximum Gasteiger partial charge on any atom is 0.409 e. The molecule has 5 N–H and O–H groups in total. The van der Waals surface area contributed by atoms with Crippen LogP contribution >= 0.6 is 0 Å². The number of benzene rings is 1. The minimum atomic E-state index is -4.05. The molecule has 0 aliphatic carbocycles. The summed E-state index contributed by atoms with van der Waals surface area (Å²) in [6.07, 6.45) is -0.196. The maximum absolute atomic E-state index is 10.6. The van der Waals surface area contributed by atoms with Gasteiger partial charge in [-0.15, -0.1) is 0 Å². The molecule has 8 heteroatoms. The molecule has 1 fully saturated rings. The molecule has 0 aromatic heterocycles. The third kappa shape index (κ3) is 2.09. The van der Waals surface area contributed by atoms with E-state index >= 15 is 0 Å². The van der Waals surface area contributed by atoms with Crippen LogP contribution in [0.25, 0.3) is 0 Å². The van der Waals surface area contributed by atoms with Crippen LogP contribution in [0.15, 0.2) is 18.2 Å². The van der Waals surface area contributed by atoms with Gasteiger partial charge in [-0.05, 0) is 17.7 Å². The summed E-state index contributed by atoms with van der Waals surface area (Å²) in [6.45, 7) is 0. The van der Waals surface area contributed by atoms with Gasteiger partial charge in [-0.1, -0.05) is 6.07 Å². The molecule has 1 aromatic carbocycles. The van der Waals surface area contributed by atoms with Crippen LogP contribution in [-0.2, 0) is 25.2 Å². The number of nitrogen functional groups attached to an aromatic ring is 2. The molecule has 1 saturated heterocycles. The normalized spacial score (nSPS) is 21.3. The van der Waals surface area contributed by atoms with E-state index in [0.717, 1.165) is 0 Å². The molecule has 16 heavy (non-hydrogen) atoms. The summed E-state index contributed by atoms with van der Waals surface area (Å²) in [5.74, 6) is -2.16. The summed E-state index contributed by atoms with van der Waals surface area (Å²) >= 11 is 0. The van der Waals surface area contributed by atoms with Crippen LogP contribution in [0, 0.1) is 0 Å². The second-order valence-corrected chi connectivity index (χ2v) is 4.57. The predicted molar refractivity (Wildman–Crippen MR) is 55.0 cm³/mol. The lowest BCUT2D eigenvalue weighted by Gasteiger charge is -2.33. The molecule has 1 aliphatic heterocycles. The molecule has 88 valence electrons. The van der Waals surface area contributed by atoms with Gasteiger partial charge in [0.05, 0.1) is 6.42 Å². The highest BCUT2D eigenvalue weighted by molar-refractivity contribution is 7.82. The number of hydrogen-bond acceptors (Lipinski definition) is 7. The van der Waals surface area contributed by atoms with Gasteiger partial charge in [0.1, 0.15) is 0 Å². The first-order valence-corrected chi connectivity index (χ1v) is 5.65. The highest BCUT2D eigenvalue weighted by Gasteiger charge is 2.51. The SMILES string of the molecule is Nc1ccc(CC2(O)OS(=O)(=O)O2)c(N)c1. The fourth-order valence-electron chi connectivity index (χ4n) is 1.40. The third-order valence-corrected chi connectivity index (χ3v) is 2.98. The van der Waals surface area contributed by atoms with Gasteiger partial charge in [0.2, 0.25) is 0 Å². The van der Waals surface area contributed by atoms with E-state index in [-0.39, 0.29) is 6.42 Å². The third-order valence-electron chi connectivity index (χ3n) is 2.05. The highest BCUT2D eigenvalue weighted by Crippen LogP contribution is 2.33. The Morgan fingerprint density at radius 1 is 1.31 bits per heavy atom. The average Bonchev–Trinajstić information content (AvgIpc) is 2.06. The van der Waals surface area contributed by atoms with Crippen LogP contribution in [0.1, 0.15) is 5.56 Å². The van der Waals surface area contributed by atoms with Gasteiger partial charge in [0.15, 0.2) is 0 Å². The lowest BCUT2D eigenvalue weighted by molar-refractivity contribution is -0.324. The van der Waals surface area contributed by atoms with Gasteiger partial charge in [-0.2, -0.15) is 16.8 Å². The fraction of sp³-hybridized carbons (Fsp3) is 0.250. The second kappa shape index (κ2) is 3.32. The first kappa shape index (κ1) is 11.1. The fourth-order valence-corrected chi connectivity index (χ4v) is 2.17. The highest BCUT2D eigenvalue weighted by atomic mass is 32.3. The molecule has 0 bridgehead atoms. The van der Waals surface area contributed by atoms with Crippen LogP contribution in [0.4, 0.5) is 11.4 Å². The second-order valence-electron chi connectivity index (χ2n) is 3.42. The van der Waals surface area contributed by atoms with Crippen molar-refractivity contribution in [3.05, 3.63) is 23.8 Å². The molecule has 2 rings (SSSR count). The zero-order valence-corrected chi connectivity index (χ0v) is 8.90. The topological polar surface area (TPSA) is 125 Å². The molecule has 0 radical (unpaired) electrons. The zero-order chi connectivity index (χ0) is 12.0. The number of rotatable bonds is 2. The molecule has 1 aromatic rings. The Morgan fingerprint density at radius 2 is 1.94 bits per heavy atom. The quantitative estimate of drug-likeness (QED) is 0.591. The van der Waals surface area contributed by atoms with E-state index < -0.39 is 16.4 Å². The largest absolute Gasteiger partial charge is 0.409 e. The van der Waals surface area contributed by atoms with E-state index in [0.29, 0.717) is 16.9 Å². The number of nitrogens with two attached hydrogens (primary N) is 2. The van der Waals surface area contributed by atoms with Crippen molar-refractivity contribution in [3.8, 4) is 0 Å². The van der Waals surface area contributed by atoms with Crippen molar-refractivity contribution in [2.45, 2.75) is 12.4 Å². The molecule has 0 spiro atoms. The Morgan fingerprint density at radius 3 is 2.44 bits per heavy atom. The number of hydrogen-bond donors (Lipinski definition) is 3. The Hall–Kier alpha value is -1.35. The lowest BCUT2D eigenvalue weighted by Crippen LogP contribution is -2.51. The first-order chi connectivity index (χ1) is 7.30. The predicted octanol–water partition coefficient (Wildman–Crippen LogP) is -0.669. The summed E-state index contributed by atoms with van der Waals surface area (Å²) in [5, 5.41) is 9.48. The van der Waals surface area contributed by atoms with Gasteiger partial charge in [-0.3, -0.25) is 0 Å². The Kier molecular flexibility index (Phi) is 2.31. The molecule has 0 amide bonds. The average molecular weight is 246 g/mol. The number of aliphatic hydroxyl groups is 1. The van der Waals surface area contributed by atoms with Crippen LogP contribution in [0.2, 0.25) is 0 Å². The molecular formula is C8H10N2O5S. The molecule has 1 heterocycles. The zero-order valence-electron chi connectivity index (χ0n) is 8.08. The van der Waals surface area contributed by atoms with Crippen molar-refractivity contribution < 1.29 is 21.9 Å². The van der Waals surface area contributed by atoms with E-state index in [9.17, 15) is 13.5 Å². The summed E-state index contributed by atoms with van der Waals surface area (Å²) in [5.41, 5.74) is 12.4. The van der Waals surface area contributed by atoms with Crippen molar-refractivity contribution in [2.75, 3.05) is 11.5 Å². The minimum absolute atomic E-state index is 0.196. The van der Waals surface area contributed by atoms with Gasteiger partial charge in [0.25, 0.3) is 0 Å². The van der Waals surface area contributed by atoms with Crippen LogP contribution in [-0.4, -0.2) is 19.5 Å². The van der Waals surface area contributed by atoms with Gasteiger partial charge >= 0.3 is 16.4 Å². The van der Waals surface area contributed by atoms with Crippen LogP contribution < -0.4 is 11.5 Å². The van der Waals surface area contributed by atoms with Crippen molar-refractivity contribution in [1.29, 1.82) is 0 Å². The standard InChI is InChI=1S/C8H10N2O5S/c9-6-2-1-5(7(10)3-6)4-8(11)14-16(12,13)15-8/h1-3,11H,4,9-10H2. The minimum Gasteiger partial charge on any atom is -0.399 e. The summed E-state index contributed by atoms with van der Waals surface area (Å²) in [7, 11) is -4.05. The molecule has 0 saturated carbocycles. The maximum atomic E-state index is 10.6. The summed E-state index contributed by atoms with van der Waals surface area (Å²) < 4.78 is 29.6. The van der Waals surface area contributed by atoms with Crippen LogP contribution in [0.3, 0.4) is 0 Å². The number of anilines is 2. The lowest BCUT2D eigenvalue weighted by atomic mass is 10.1. The molecule has 0 atom stereocenters. The van der Waals surface area contributed by atoms with E-state index in [2.05, 4.69) is 8.37 Å². The monoisotopic (exact) mass is 246 g/mol. The molecule has 1 aliphatic rings. The Balaban J connectivity index is 2.16. The van der Waals surface area contributed by atoms with E-state index in [1.807, 2.05) is 0 Å². The van der Waals surface area contributed by atoms with Crippen LogP contribution in [0.5, 0.6) is 0 Å². The summed E-state index contributed by atoms with van der Waals surface area (Å²) in [6, 6.07) is 4.62. The Labute approximate surface area is 91.9 Å². The van der Waals surface area contributed by atoms with E-state index in [4.69, 9.17) is 11.5 Å². The van der Waals surface area contributed by atoms with Gasteiger partial charge in [0, 0.05) is 11.4 Å². The van der Waals surface area contributed by atoms with E-state index in [1.54, 1.807) is 12.1 Å². The van der Waals surface area contributed by atoms with Gasteiger partial charge < -0.3 is 16.6 Å². The molecule has 0 unspecified atom stereocenters. The van der Waals surface area contributed by atoms with Gasteiger partial charge in [-0.25, -0.2) is 0 Å². The Bertz CT molecular complexity index is 515. The van der Waals surface area contributed by atoms with E-state index in [1.165, 1.54) is 6.07 Å². The van der Waals surface area contributed by atoms with Crippen molar-refractivity contribution in [3.63, 3.8) is 0 Å². The van der Waals surface area contributed by atoms with Crippen molar-refractivity contribution in [2.24, 2.45) is 0 Å². The van der Waals surface area contributed by atoms with Crippen molar-refractivity contribution in [1.82, 2.24) is 0 Å². The molecule has 7 nitrogen and oxygen atoms in total. The van der Waals surface area contributed by atoms with Crippen molar-refractivity contribution >= 4 is 21.8 Å².